The van der Waals surface area contributed by atoms with Gasteiger partial charge < -0.3 is 9.47 Å². The third-order valence-electron chi connectivity index (χ3n) is 2.98. The molecule has 0 saturated heterocycles. The lowest BCUT2D eigenvalue weighted by Gasteiger charge is -2.18. The highest BCUT2D eigenvalue weighted by molar-refractivity contribution is 5.45. The van der Waals surface area contributed by atoms with Crippen LogP contribution in [-0.2, 0) is 4.79 Å². The third-order valence-corrected chi connectivity index (χ3v) is 2.98. The predicted molar refractivity (Wildman–Crippen MR) is 63.1 cm³/mol. The molecule has 0 saturated carbocycles. The molecular weight excluding hydrogens is 218 g/mol. The Labute approximate surface area is 100 Å². The Morgan fingerprint density at radius 1 is 1.35 bits per heavy atom. The molecule has 1 unspecified atom stereocenters. The molecule has 1 aliphatic rings. The number of benzene rings is 1. The maximum atomic E-state index is 10.2. The molecule has 1 aromatic rings. The van der Waals surface area contributed by atoms with Crippen molar-refractivity contribution in [1.82, 2.24) is 0 Å². The zero-order valence-electron chi connectivity index (χ0n) is 9.97. The molecule has 1 aromatic carbocycles. The Balaban J connectivity index is 2.26. The molecule has 1 aliphatic heterocycles. The van der Waals surface area contributed by atoms with E-state index in [9.17, 15) is 4.79 Å². The fraction of sp³-hybridized carbons (Fsp3) is 0.462. The number of isocyanates is 1. The van der Waals surface area contributed by atoms with Gasteiger partial charge in [-0.3, -0.25) is 0 Å². The maximum Gasteiger partial charge on any atom is 0.234 e. The predicted octanol–water partition coefficient (Wildman–Crippen LogP) is 2.49. The largest absolute Gasteiger partial charge is 0.454 e. The van der Waals surface area contributed by atoms with Crippen molar-refractivity contribution in [2.24, 2.45) is 10.9 Å². The molecule has 4 nitrogen and oxygen atoms in total. The molecule has 0 amide bonds. The molecule has 2 rings (SSSR count). The average Bonchev–Trinajstić information content (AvgIpc) is 2.76. The molecule has 4 heteroatoms. The molecule has 0 bridgehead atoms. The van der Waals surface area contributed by atoms with Gasteiger partial charge in [-0.25, -0.2) is 9.79 Å². The van der Waals surface area contributed by atoms with Crippen LogP contribution in [0.1, 0.15) is 25.3 Å². The van der Waals surface area contributed by atoms with Crippen LogP contribution in [0.5, 0.6) is 11.5 Å². The quantitative estimate of drug-likeness (QED) is 0.593. The summed E-state index contributed by atoms with van der Waals surface area (Å²) in [5.41, 5.74) is 1.11. The Morgan fingerprint density at radius 2 is 2.12 bits per heavy atom. The first kappa shape index (κ1) is 11.7. The van der Waals surface area contributed by atoms with E-state index in [1.807, 2.05) is 18.2 Å². The van der Waals surface area contributed by atoms with Gasteiger partial charge in [0.15, 0.2) is 11.5 Å². The number of nitrogens with zero attached hydrogens (tertiary/aromatic N) is 1. The number of rotatable bonds is 4. The van der Waals surface area contributed by atoms with Gasteiger partial charge in [0.25, 0.3) is 0 Å². The molecule has 1 atom stereocenters. The second-order valence-electron chi connectivity index (χ2n) is 4.40. The van der Waals surface area contributed by atoms with Crippen LogP contribution in [0.4, 0.5) is 0 Å². The van der Waals surface area contributed by atoms with Gasteiger partial charge >= 0.3 is 0 Å². The van der Waals surface area contributed by atoms with Crippen LogP contribution in [0, 0.1) is 5.92 Å². The first-order valence-electron chi connectivity index (χ1n) is 5.65. The Hall–Kier alpha value is -1.80. The molecule has 90 valence electrons. The summed E-state index contributed by atoms with van der Waals surface area (Å²) in [6.45, 7) is 4.95. The summed E-state index contributed by atoms with van der Waals surface area (Å²) in [5.74, 6) is 2.14. The minimum atomic E-state index is 0.200. The summed E-state index contributed by atoms with van der Waals surface area (Å²) < 4.78 is 10.6. The van der Waals surface area contributed by atoms with Crippen LogP contribution < -0.4 is 9.47 Å². The van der Waals surface area contributed by atoms with E-state index < -0.39 is 0 Å². The molecular formula is C13H15NO3. The van der Waals surface area contributed by atoms with Gasteiger partial charge in [-0.05, 0) is 23.6 Å². The first-order valence-corrected chi connectivity index (χ1v) is 5.65. The summed E-state index contributed by atoms with van der Waals surface area (Å²) in [6.07, 6.45) is 1.59. The molecule has 0 fully saturated rings. The van der Waals surface area contributed by atoms with E-state index >= 15 is 0 Å². The van der Waals surface area contributed by atoms with E-state index in [2.05, 4.69) is 18.8 Å². The van der Waals surface area contributed by atoms with Crippen LogP contribution in [0.2, 0.25) is 0 Å². The molecule has 0 aliphatic carbocycles. The van der Waals surface area contributed by atoms with Crippen molar-refractivity contribution >= 4 is 6.08 Å². The smallest absolute Gasteiger partial charge is 0.234 e. The van der Waals surface area contributed by atoms with E-state index in [-0.39, 0.29) is 12.7 Å². The van der Waals surface area contributed by atoms with Crippen molar-refractivity contribution < 1.29 is 14.3 Å². The minimum absolute atomic E-state index is 0.200. The highest BCUT2D eigenvalue weighted by Gasteiger charge is 2.20. The average molecular weight is 233 g/mol. The fourth-order valence-electron chi connectivity index (χ4n) is 1.98. The minimum Gasteiger partial charge on any atom is -0.454 e. The zero-order chi connectivity index (χ0) is 12.3. The lowest BCUT2D eigenvalue weighted by atomic mass is 9.88. The molecule has 17 heavy (non-hydrogen) atoms. The van der Waals surface area contributed by atoms with Crippen molar-refractivity contribution in [1.29, 1.82) is 0 Å². The molecule has 0 spiro atoms. The summed E-state index contributed by atoms with van der Waals surface area (Å²) in [5, 5.41) is 0. The molecule has 0 N–H and O–H groups in total. The van der Waals surface area contributed by atoms with Gasteiger partial charge in [0, 0.05) is 5.92 Å². The van der Waals surface area contributed by atoms with E-state index in [4.69, 9.17) is 9.47 Å². The van der Waals surface area contributed by atoms with E-state index in [0.717, 1.165) is 17.1 Å². The SMILES string of the molecule is CC(C)C(CN=C=O)c1ccc2c(c1)OCO2. The van der Waals surface area contributed by atoms with Gasteiger partial charge in [0.05, 0.1) is 6.54 Å². The number of hydrogen-bond donors (Lipinski definition) is 0. The number of aliphatic imine (C=N–C) groups is 1. The van der Waals surface area contributed by atoms with Gasteiger partial charge in [0.2, 0.25) is 12.9 Å². The summed E-state index contributed by atoms with van der Waals surface area (Å²) >= 11 is 0. The van der Waals surface area contributed by atoms with Crippen molar-refractivity contribution in [2.75, 3.05) is 13.3 Å². The first-order chi connectivity index (χ1) is 8.22. The van der Waals surface area contributed by atoms with Gasteiger partial charge in [-0.15, -0.1) is 0 Å². The van der Waals surface area contributed by atoms with Crippen molar-refractivity contribution in [3.05, 3.63) is 23.8 Å². The van der Waals surface area contributed by atoms with E-state index in [1.165, 1.54) is 0 Å². The van der Waals surface area contributed by atoms with Crippen molar-refractivity contribution in [3.63, 3.8) is 0 Å². The summed E-state index contributed by atoms with van der Waals surface area (Å²) in [4.78, 5) is 13.9. The van der Waals surface area contributed by atoms with Crippen LogP contribution in [0.25, 0.3) is 0 Å². The van der Waals surface area contributed by atoms with Gasteiger partial charge in [-0.2, -0.15) is 0 Å². The molecule has 1 heterocycles. The Kier molecular flexibility index (Phi) is 3.45. The summed E-state index contributed by atoms with van der Waals surface area (Å²) in [6, 6.07) is 5.86. The second kappa shape index (κ2) is 5.02. The van der Waals surface area contributed by atoms with Gasteiger partial charge in [-0.1, -0.05) is 19.9 Å². The van der Waals surface area contributed by atoms with Crippen LogP contribution in [0.3, 0.4) is 0 Å². The van der Waals surface area contributed by atoms with Crippen LogP contribution in [-0.4, -0.2) is 19.4 Å². The Morgan fingerprint density at radius 3 is 2.82 bits per heavy atom. The van der Waals surface area contributed by atoms with Crippen molar-refractivity contribution in [3.8, 4) is 11.5 Å². The fourth-order valence-corrected chi connectivity index (χ4v) is 1.98. The monoisotopic (exact) mass is 233 g/mol. The van der Waals surface area contributed by atoms with E-state index in [0.29, 0.717) is 12.5 Å². The Bertz CT molecular complexity index is 450. The summed E-state index contributed by atoms with van der Waals surface area (Å²) in [7, 11) is 0. The lowest BCUT2D eigenvalue weighted by molar-refractivity contribution is 0.174. The maximum absolute atomic E-state index is 10.2. The highest BCUT2D eigenvalue weighted by Crippen LogP contribution is 2.36. The second-order valence-corrected chi connectivity index (χ2v) is 4.40. The topological polar surface area (TPSA) is 47.9 Å². The van der Waals surface area contributed by atoms with Crippen LogP contribution in [0.15, 0.2) is 23.2 Å². The van der Waals surface area contributed by atoms with Gasteiger partial charge in [0.1, 0.15) is 0 Å². The lowest BCUT2D eigenvalue weighted by Crippen LogP contribution is -2.10. The molecule has 0 aromatic heterocycles. The number of carbonyl (C=O) groups excluding carboxylic acids is 1. The van der Waals surface area contributed by atoms with Crippen LogP contribution >= 0.6 is 0 Å². The highest BCUT2D eigenvalue weighted by atomic mass is 16.7. The van der Waals surface area contributed by atoms with Crippen molar-refractivity contribution in [2.45, 2.75) is 19.8 Å². The molecule has 0 radical (unpaired) electrons. The number of ether oxygens (including phenoxy) is 2. The number of hydrogen-bond acceptors (Lipinski definition) is 4. The standard InChI is InChI=1S/C13H15NO3/c1-9(2)11(6-14-7-15)10-3-4-12-13(5-10)17-8-16-12/h3-5,9,11H,6,8H2,1-2H3. The van der Waals surface area contributed by atoms with E-state index in [1.54, 1.807) is 6.08 Å². The third kappa shape index (κ3) is 2.48. The normalized spacial score (nSPS) is 14.5. The number of fused-ring (bicyclic) bond motifs is 1. The zero-order valence-corrected chi connectivity index (χ0v) is 9.97.